The van der Waals surface area contributed by atoms with E-state index in [1.165, 1.54) is 38.5 Å². The lowest BCUT2D eigenvalue weighted by molar-refractivity contribution is -0.332. The van der Waals surface area contributed by atoms with Crippen LogP contribution in [0.25, 0.3) is 0 Å². The van der Waals surface area contributed by atoms with Gasteiger partial charge in [-0.2, -0.15) is 0 Å². The van der Waals surface area contributed by atoms with E-state index in [2.05, 4.69) is 74.6 Å². The lowest BCUT2D eigenvalue weighted by Gasteiger charge is -2.42. The average Bonchev–Trinajstić information content (AvgIpc) is 3.30. The third kappa shape index (κ3) is 25.8. The van der Waals surface area contributed by atoms with Crippen molar-refractivity contribution >= 4 is 11.9 Å². The highest BCUT2D eigenvalue weighted by Crippen LogP contribution is 2.26. The summed E-state index contributed by atoms with van der Waals surface area (Å²) in [5.74, 6) is -0.968. The third-order valence-electron chi connectivity index (χ3n) is 11.3. The summed E-state index contributed by atoms with van der Waals surface area (Å²) >= 11 is 0. The molecule has 15 nitrogen and oxygen atoms in total. The highest BCUT2D eigenvalue weighted by atomic mass is 16.7. The fourth-order valence-corrected chi connectivity index (χ4v) is 7.24. The number of ether oxygens (including phenoxy) is 6. The first-order valence-corrected chi connectivity index (χ1v) is 24.4. The van der Waals surface area contributed by atoms with Gasteiger partial charge in [0.15, 0.2) is 18.7 Å². The van der Waals surface area contributed by atoms with Gasteiger partial charge in [-0.1, -0.05) is 139 Å². The molecule has 2 rings (SSSR count). The van der Waals surface area contributed by atoms with Gasteiger partial charge in [0.2, 0.25) is 0 Å². The van der Waals surface area contributed by atoms with E-state index in [9.17, 15) is 45.3 Å². The Morgan fingerprint density at radius 2 is 0.969 bits per heavy atom. The maximum Gasteiger partial charge on any atom is 0.306 e. The number of hydrogen-bond donors (Lipinski definition) is 7. The number of allylic oxidation sites excluding steroid dienone is 10. The lowest BCUT2D eigenvalue weighted by atomic mass is 9.98. The Labute approximate surface area is 388 Å². The minimum atomic E-state index is -1.77. The second-order valence-electron chi connectivity index (χ2n) is 16.9. The summed E-state index contributed by atoms with van der Waals surface area (Å²) in [6.45, 7) is 2.40. The summed E-state index contributed by atoms with van der Waals surface area (Å²) < 4.78 is 33.4. The van der Waals surface area contributed by atoms with Crippen molar-refractivity contribution in [3.8, 4) is 0 Å². The van der Waals surface area contributed by atoms with Crippen LogP contribution in [-0.2, 0) is 38.0 Å². The van der Waals surface area contributed by atoms with Crippen LogP contribution in [0.3, 0.4) is 0 Å². The number of carbonyl (C=O) groups is 2. The van der Waals surface area contributed by atoms with Crippen molar-refractivity contribution in [2.24, 2.45) is 0 Å². The number of aliphatic hydroxyl groups excluding tert-OH is 7. The second-order valence-corrected chi connectivity index (χ2v) is 16.9. The van der Waals surface area contributed by atoms with Gasteiger partial charge in [-0.15, -0.1) is 0 Å². The minimum Gasteiger partial charge on any atom is -0.462 e. The molecule has 2 fully saturated rings. The minimum absolute atomic E-state index is 0.125. The van der Waals surface area contributed by atoms with Crippen LogP contribution in [0, 0.1) is 0 Å². The molecule has 7 N–H and O–H groups in total. The Kier molecular flexibility index (Phi) is 33.4. The number of esters is 2. The van der Waals surface area contributed by atoms with Gasteiger partial charge in [0.05, 0.1) is 19.8 Å². The van der Waals surface area contributed by atoms with Crippen LogP contribution < -0.4 is 0 Å². The van der Waals surface area contributed by atoms with Gasteiger partial charge in [-0.3, -0.25) is 9.59 Å². The van der Waals surface area contributed by atoms with E-state index in [0.29, 0.717) is 12.8 Å². The molecule has 0 bridgehead atoms. The standard InChI is InChI=1S/C50H84O15/c1-3-5-7-9-11-13-15-16-17-18-19-20-21-22-23-25-27-29-31-33-42(53)63-38(35-60-41(52)32-30-28-26-24-14-12-10-8-6-4-2)36-61-49-48(59)46(57)44(55)40(65-49)37-62-50-47(58)45(56)43(54)39(34-51)64-50/h5,7,11,13,16-17,19-20,22-23,38-40,43-51,54-59H,3-4,6,8-10,12,14-15,18,21,24-37H2,1-2H3/b7-5+,13-11+,17-16+,20-19+,23-22+/t38-,39+,40+,43-,44-,45?,46?,47?,48?,49+,50+/m1/s1. The van der Waals surface area contributed by atoms with Gasteiger partial charge in [0.1, 0.15) is 55.4 Å². The van der Waals surface area contributed by atoms with E-state index >= 15 is 0 Å². The fraction of sp³-hybridized carbons (Fsp3) is 0.760. The molecule has 0 aromatic heterocycles. The van der Waals surface area contributed by atoms with Gasteiger partial charge in [0.25, 0.3) is 0 Å². The number of aliphatic hydroxyl groups is 7. The Balaban J connectivity index is 1.84. The van der Waals surface area contributed by atoms with Crippen molar-refractivity contribution in [2.45, 2.75) is 216 Å². The summed E-state index contributed by atoms with van der Waals surface area (Å²) in [5, 5.41) is 71.9. The third-order valence-corrected chi connectivity index (χ3v) is 11.3. The lowest BCUT2D eigenvalue weighted by Crippen LogP contribution is -2.61. The van der Waals surface area contributed by atoms with Crippen LogP contribution in [0.2, 0.25) is 0 Å². The van der Waals surface area contributed by atoms with Gasteiger partial charge < -0.3 is 64.2 Å². The average molecular weight is 925 g/mol. The van der Waals surface area contributed by atoms with Crippen molar-refractivity contribution in [3.05, 3.63) is 60.8 Å². The molecule has 65 heavy (non-hydrogen) atoms. The predicted octanol–water partition coefficient (Wildman–Crippen LogP) is 6.10. The van der Waals surface area contributed by atoms with E-state index in [1.54, 1.807) is 0 Å². The Bertz CT molecular complexity index is 1370. The summed E-state index contributed by atoms with van der Waals surface area (Å²) in [5.41, 5.74) is 0. The first-order chi connectivity index (χ1) is 31.5. The van der Waals surface area contributed by atoms with Gasteiger partial charge in [-0.05, 0) is 57.8 Å². The topological polar surface area (TPSA) is 231 Å². The molecule has 0 aromatic carbocycles. The predicted molar refractivity (Wildman–Crippen MR) is 247 cm³/mol. The zero-order valence-electron chi connectivity index (χ0n) is 39.2. The van der Waals surface area contributed by atoms with Crippen molar-refractivity contribution in [3.63, 3.8) is 0 Å². The van der Waals surface area contributed by atoms with Crippen molar-refractivity contribution < 1.29 is 73.8 Å². The fourth-order valence-electron chi connectivity index (χ4n) is 7.24. The zero-order chi connectivity index (χ0) is 47.5. The molecule has 15 heteroatoms. The first kappa shape index (κ1) is 58.3. The van der Waals surface area contributed by atoms with Crippen LogP contribution in [0.1, 0.15) is 149 Å². The van der Waals surface area contributed by atoms with Crippen LogP contribution in [0.4, 0.5) is 0 Å². The summed E-state index contributed by atoms with van der Waals surface area (Å²) in [7, 11) is 0. The molecule has 4 unspecified atom stereocenters. The highest BCUT2D eigenvalue weighted by molar-refractivity contribution is 5.70. The van der Waals surface area contributed by atoms with Gasteiger partial charge in [0, 0.05) is 12.8 Å². The molecular weight excluding hydrogens is 841 g/mol. The van der Waals surface area contributed by atoms with Gasteiger partial charge in [-0.25, -0.2) is 0 Å². The smallest absolute Gasteiger partial charge is 0.306 e. The normalized spacial score (nSPS) is 26.9. The molecule has 2 aliphatic heterocycles. The van der Waals surface area contributed by atoms with Crippen LogP contribution >= 0.6 is 0 Å². The van der Waals surface area contributed by atoms with Crippen LogP contribution in [0.15, 0.2) is 60.8 Å². The quantitative estimate of drug-likeness (QED) is 0.0214. The Morgan fingerprint density at radius 1 is 0.508 bits per heavy atom. The second kappa shape index (κ2) is 37.2. The van der Waals surface area contributed by atoms with Crippen LogP contribution in [-0.4, -0.2) is 142 Å². The Hall–Kier alpha value is -2.80. The molecule has 0 radical (unpaired) electrons. The van der Waals surface area contributed by atoms with E-state index < -0.39 is 99.3 Å². The van der Waals surface area contributed by atoms with E-state index in [4.69, 9.17) is 28.4 Å². The number of rotatable bonds is 36. The number of unbranched alkanes of at least 4 members (excludes halogenated alkanes) is 12. The molecule has 2 saturated heterocycles. The summed E-state index contributed by atoms with van der Waals surface area (Å²) in [4.78, 5) is 25.6. The first-order valence-electron chi connectivity index (χ1n) is 24.4. The van der Waals surface area contributed by atoms with E-state index in [0.717, 1.165) is 70.6 Å². The van der Waals surface area contributed by atoms with E-state index in [1.807, 2.05) is 0 Å². The molecule has 0 aromatic rings. The maximum absolute atomic E-state index is 13.0. The van der Waals surface area contributed by atoms with Crippen molar-refractivity contribution in [2.75, 3.05) is 26.4 Å². The van der Waals surface area contributed by atoms with E-state index in [-0.39, 0.29) is 19.4 Å². The molecule has 2 aliphatic rings. The molecule has 0 spiro atoms. The zero-order valence-corrected chi connectivity index (χ0v) is 39.2. The van der Waals surface area contributed by atoms with Crippen molar-refractivity contribution in [1.29, 1.82) is 0 Å². The molecule has 0 amide bonds. The van der Waals surface area contributed by atoms with Gasteiger partial charge >= 0.3 is 11.9 Å². The number of carbonyl (C=O) groups excluding carboxylic acids is 2. The molecule has 0 saturated carbocycles. The largest absolute Gasteiger partial charge is 0.462 e. The monoisotopic (exact) mass is 925 g/mol. The van der Waals surface area contributed by atoms with Crippen molar-refractivity contribution in [1.82, 2.24) is 0 Å². The molecule has 11 atom stereocenters. The molecule has 2 heterocycles. The molecule has 0 aliphatic carbocycles. The number of hydrogen-bond acceptors (Lipinski definition) is 15. The SMILES string of the molecule is CC/C=C/C/C=C/C/C=C/C/C=C/C/C=C/CCCCCC(=O)O[C@H](COC(=O)CCCCCCCCCCCC)CO[C@H]1O[C@@H](CO[C@H]2O[C@@H](CO)[C@@H](O)C(O)C2O)[C@@H](O)C(O)C1O. The summed E-state index contributed by atoms with van der Waals surface area (Å²) in [6.07, 6.45) is 24.0. The molecule has 374 valence electrons. The summed E-state index contributed by atoms with van der Waals surface area (Å²) in [6, 6.07) is 0. The Morgan fingerprint density at radius 3 is 1.52 bits per heavy atom. The molecular formula is C50H84O15. The highest BCUT2D eigenvalue weighted by Gasteiger charge is 2.47. The maximum atomic E-state index is 13.0. The van der Waals surface area contributed by atoms with Crippen LogP contribution in [0.5, 0.6) is 0 Å².